The lowest BCUT2D eigenvalue weighted by molar-refractivity contribution is -0.122. The first-order valence-electron chi connectivity index (χ1n) is 11.9. The van der Waals surface area contributed by atoms with E-state index in [1.807, 2.05) is 55.5 Å². The van der Waals surface area contributed by atoms with Crippen molar-refractivity contribution < 1.29 is 9.59 Å². The van der Waals surface area contributed by atoms with E-state index in [1.165, 1.54) is 4.57 Å². The number of carbonyl (C=O) groups excluding carboxylic acids is 2. The molecular formula is C28H34N4O3. The molecule has 0 bridgehead atoms. The highest BCUT2D eigenvalue weighted by Crippen LogP contribution is 2.27. The van der Waals surface area contributed by atoms with Gasteiger partial charge < -0.3 is 16.0 Å². The van der Waals surface area contributed by atoms with E-state index in [9.17, 15) is 14.4 Å². The number of anilines is 1. The lowest BCUT2D eigenvalue weighted by atomic mass is 9.87. The molecule has 2 aromatic rings. The molecule has 1 aliphatic carbocycles. The third kappa shape index (κ3) is 6.25. The quantitative estimate of drug-likeness (QED) is 0.516. The number of carbonyl (C=O) groups is 2. The first-order chi connectivity index (χ1) is 16.9. The molecule has 184 valence electrons. The Bertz CT molecular complexity index is 1190. The minimum absolute atomic E-state index is 0.130. The van der Waals surface area contributed by atoms with Crippen molar-refractivity contribution in [3.05, 3.63) is 88.8 Å². The molecule has 0 saturated heterocycles. The van der Waals surface area contributed by atoms with Crippen LogP contribution in [0.2, 0.25) is 0 Å². The number of aromatic nitrogens is 1. The number of hydrogen-bond acceptors (Lipinski definition) is 4. The topological polar surface area (TPSA) is 92.2 Å². The maximum Gasteiger partial charge on any atom is 0.275 e. The van der Waals surface area contributed by atoms with E-state index >= 15 is 0 Å². The Balaban J connectivity index is 1.94. The fourth-order valence-electron chi connectivity index (χ4n) is 4.24. The van der Waals surface area contributed by atoms with Gasteiger partial charge in [-0.25, -0.2) is 0 Å². The summed E-state index contributed by atoms with van der Waals surface area (Å²) in [4.78, 5) is 39.0. The van der Waals surface area contributed by atoms with Crippen molar-refractivity contribution in [3.63, 3.8) is 0 Å². The fourth-order valence-corrected chi connectivity index (χ4v) is 4.24. The number of allylic oxidation sites excluding steroid dienone is 3. The molecule has 1 aromatic heterocycles. The molecule has 1 unspecified atom stereocenters. The Morgan fingerprint density at radius 3 is 2.60 bits per heavy atom. The molecule has 0 aliphatic heterocycles. The third-order valence-electron chi connectivity index (χ3n) is 6.24. The summed E-state index contributed by atoms with van der Waals surface area (Å²) >= 11 is 0. The highest BCUT2D eigenvalue weighted by atomic mass is 16.2. The van der Waals surface area contributed by atoms with Crippen molar-refractivity contribution in [1.82, 2.24) is 15.2 Å². The van der Waals surface area contributed by atoms with Crippen LogP contribution in [0.25, 0.3) is 11.3 Å². The maximum atomic E-state index is 13.4. The normalized spacial score (nSPS) is 16.7. The van der Waals surface area contributed by atoms with Gasteiger partial charge in [0.05, 0.1) is 17.8 Å². The van der Waals surface area contributed by atoms with Crippen LogP contribution in [0.3, 0.4) is 0 Å². The molecule has 0 radical (unpaired) electrons. The Hall–Kier alpha value is -3.71. The van der Waals surface area contributed by atoms with E-state index in [0.29, 0.717) is 5.69 Å². The molecule has 35 heavy (non-hydrogen) atoms. The van der Waals surface area contributed by atoms with Crippen LogP contribution < -0.4 is 21.5 Å². The van der Waals surface area contributed by atoms with Crippen molar-refractivity contribution in [3.8, 4) is 11.3 Å². The monoisotopic (exact) mass is 474 g/mol. The molecule has 2 amide bonds. The van der Waals surface area contributed by atoms with E-state index in [4.69, 9.17) is 0 Å². The lowest BCUT2D eigenvalue weighted by Crippen LogP contribution is -2.42. The van der Waals surface area contributed by atoms with Crippen molar-refractivity contribution in [2.24, 2.45) is 0 Å². The van der Waals surface area contributed by atoms with Crippen LogP contribution in [-0.4, -0.2) is 35.5 Å². The smallest absolute Gasteiger partial charge is 0.275 e. The number of rotatable bonds is 9. The molecular weight excluding hydrogens is 440 g/mol. The number of benzene rings is 1. The number of hydrogen-bond donors (Lipinski definition) is 3. The van der Waals surface area contributed by atoms with Gasteiger partial charge >= 0.3 is 0 Å². The van der Waals surface area contributed by atoms with E-state index in [1.54, 1.807) is 26.1 Å². The second-order valence-corrected chi connectivity index (χ2v) is 8.59. The zero-order valence-electron chi connectivity index (χ0n) is 20.6. The highest BCUT2D eigenvalue weighted by molar-refractivity contribution is 5.94. The van der Waals surface area contributed by atoms with Gasteiger partial charge in [0.2, 0.25) is 11.8 Å². The van der Waals surface area contributed by atoms with Gasteiger partial charge in [0.1, 0.15) is 12.2 Å². The number of nitrogens with zero attached hydrogens (tertiary/aromatic N) is 1. The van der Waals surface area contributed by atoms with Crippen molar-refractivity contribution >= 4 is 17.5 Å². The number of likely N-dealkylation sites (N-methyl/N-ethyl adjacent to an activating group) is 1. The van der Waals surface area contributed by atoms with Gasteiger partial charge in [0, 0.05) is 0 Å². The summed E-state index contributed by atoms with van der Waals surface area (Å²) in [7, 11) is 1.67. The molecule has 0 fully saturated rings. The van der Waals surface area contributed by atoms with E-state index in [2.05, 4.69) is 22.5 Å². The minimum atomic E-state index is -0.470. The molecule has 1 aromatic carbocycles. The lowest BCUT2D eigenvalue weighted by Gasteiger charge is -2.27. The van der Waals surface area contributed by atoms with Crippen LogP contribution >= 0.6 is 0 Å². The van der Waals surface area contributed by atoms with E-state index in [0.717, 1.165) is 36.0 Å². The summed E-state index contributed by atoms with van der Waals surface area (Å²) in [5, 5.41) is 8.64. The minimum Gasteiger partial charge on any atom is -0.348 e. The molecule has 1 aliphatic rings. The van der Waals surface area contributed by atoms with Crippen LogP contribution in [-0.2, 0) is 16.1 Å². The molecule has 0 spiro atoms. The molecule has 7 heteroatoms. The summed E-state index contributed by atoms with van der Waals surface area (Å²) in [6.45, 7) is 7.40. The van der Waals surface area contributed by atoms with Crippen LogP contribution in [0.1, 0.15) is 33.1 Å². The number of amides is 2. The molecule has 7 nitrogen and oxygen atoms in total. The predicted octanol–water partition coefficient (Wildman–Crippen LogP) is 3.79. The van der Waals surface area contributed by atoms with Gasteiger partial charge in [-0.1, -0.05) is 55.1 Å². The zero-order valence-corrected chi connectivity index (χ0v) is 20.6. The average molecular weight is 475 g/mol. The Kier molecular flexibility index (Phi) is 8.98. The van der Waals surface area contributed by atoms with Gasteiger partial charge in [0.25, 0.3) is 5.56 Å². The molecule has 3 N–H and O–H groups in total. The van der Waals surface area contributed by atoms with Crippen molar-refractivity contribution in [1.29, 1.82) is 0 Å². The van der Waals surface area contributed by atoms with Gasteiger partial charge in [-0.15, -0.1) is 0 Å². The Morgan fingerprint density at radius 2 is 1.94 bits per heavy atom. The van der Waals surface area contributed by atoms with Crippen LogP contribution in [0, 0.1) is 0 Å². The standard InChI is InChI=1S/C28H34N4O3/c1-5-11-22-20(6-2)14-10-15-23(22)30-26(33)18-32-25(21-12-8-7-9-13-21)17-16-24(28(32)35)31-27(34)19(3)29-4/h5-9,11-13,16-17,19,23,29H,2,10,14-15,18H2,1,3-4H3,(H,30,33)(H,31,34)/b11-5-/t19-,23?/m0/s1. The molecule has 2 atom stereocenters. The van der Waals surface area contributed by atoms with Gasteiger partial charge in [0.15, 0.2) is 0 Å². The zero-order chi connectivity index (χ0) is 25.4. The highest BCUT2D eigenvalue weighted by Gasteiger charge is 2.23. The molecule has 1 heterocycles. The first-order valence-corrected chi connectivity index (χ1v) is 11.9. The van der Waals surface area contributed by atoms with E-state index in [-0.39, 0.29) is 30.1 Å². The Labute approximate surface area is 206 Å². The third-order valence-corrected chi connectivity index (χ3v) is 6.24. The Morgan fingerprint density at radius 1 is 1.20 bits per heavy atom. The molecule has 3 rings (SSSR count). The summed E-state index contributed by atoms with van der Waals surface area (Å²) < 4.78 is 1.42. The van der Waals surface area contributed by atoms with Gasteiger partial charge in [-0.3, -0.25) is 19.0 Å². The summed E-state index contributed by atoms with van der Waals surface area (Å²) in [5.74, 6) is -0.595. The molecule has 0 saturated carbocycles. The van der Waals surface area contributed by atoms with Crippen LogP contribution in [0.4, 0.5) is 5.69 Å². The number of nitrogens with one attached hydrogen (secondary N) is 3. The SMILES string of the molecule is C=CC1=C(/C=C\C)C(NC(=O)Cn2c(-c3ccccc3)ccc(NC(=O)[C@H](C)NC)c2=O)CCC1. The fraction of sp³-hybridized carbons (Fsp3) is 0.321. The first kappa shape index (κ1) is 25.9. The summed E-state index contributed by atoms with van der Waals surface area (Å²) in [6, 6.07) is 12.1. The average Bonchev–Trinajstić information content (AvgIpc) is 2.87. The summed E-state index contributed by atoms with van der Waals surface area (Å²) in [5.41, 5.74) is 3.29. The van der Waals surface area contributed by atoms with Gasteiger partial charge in [-0.05, 0) is 69.0 Å². The van der Waals surface area contributed by atoms with E-state index < -0.39 is 11.6 Å². The van der Waals surface area contributed by atoms with Crippen molar-refractivity contribution in [2.75, 3.05) is 12.4 Å². The second-order valence-electron chi connectivity index (χ2n) is 8.59. The van der Waals surface area contributed by atoms with Gasteiger partial charge in [-0.2, -0.15) is 0 Å². The van der Waals surface area contributed by atoms with Crippen molar-refractivity contribution in [2.45, 2.75) is 51.7 Å². The number of pyridine rings is 1. The van der Waals surface area contributed by atoms with Crippen LogP contribution in [0.15, 0.2) is 83.2 Å². The second kappa shape index (κ2) is 12.1. The predicted molar refractivity (Wildman–Crippen MR) is 141 cm³/mol. The largest absolute Gasteiger partial charge is 0.348 e. The summed E-state index contributed by atoms with van der Waals surface area (Å²) in [6.07, 6.45) is 8.53. The van der Waals surface area contributed by atoms with Crippen LogP contribution in [0.5, 0.6) is 0 Å². The maximum absolute atomic E-state index is 13.4.